The molecular weight excluding hydrogens is 325 g/mol. The van der Waals surface area contributed by atoms with Gasteiger partial charge in [0.15, 0.2) is 11.5 Å². The summed E-state index contributed by atoms with van der Waals surface area (Å²) in [5, 5.41) is 13.0. The van der Waals surface area contributed by atoms with E-state index in [0.29, 0.717) is 5.75 Å². The highest BCUT2D eigenvalue weighted by Crippen LogP contribution is 2.26. The quantitative estimate of drug-likeness (QED) is 0.814. The fourth-order valence-corrected chi connectivity index (χ4v) is 2.46. The number of hydrogen-bond donors (Lipinski definition) is 2. The van der Waals surface area contributed by atoms with Crippen LogP contribution in [0.1, 0.15) is 5.56 Å². The van der Waals surface area contributed by atoms with Crippen LogP contribution in [0.15, 0.2) is 18.2 Å². The van der Waals surface area contributed by atoms with Gasteiger partial charge in [-0.15, -0.1) is 24.8 Å². The van der Waals surface area contributed by atoms with Crippen LogP contribution in [-0.2, 0) is 6.54 Å². The van der Waals surface area contributed by atoms with Gasteiger partial charge < -0.3 is 20.1 Å². The van der Waals surface area contributed by atoms with Crippen molar-refractivity contribution in [3.05, 3.63) is 23.8 Å². The molecule has 1 aliphatic rings. The predicted molar refractivity (Wildman–Crippen MR) is 94.8 cm³/mol. The van der Waals surface area contributed by atoms with E-state index >= 15 is 0 Å². The largest absolute Gasteiger partial charge is 0.504 e. The number of likely N-dealkylation sites (N-methyl/N-ethyl adjacent to an activating group) is 1. The number of halogens is 2. The second-order valence-corrected chi connectivity index (χ2v) is 5.34. The molecule has 0 spiro atoms. The van der Waals surface area contributed by atoms with Gasteiger partial charge in [-0.3, -0.25) is 4.90 Å². The fourth-order valence-electron chi connectivity index (χ4n) is 2.46. The molecule has 1 fully saturated rings. The van der Waals surface area contributed by atoms with Crippen LogP contribution < -0.4 is 10.1 Å². The minimum absolute atomic E-state index is 0. The van der Waals surface area contributed by atoms with Gasteiger partial charge in [-0.1, -0.05) is 6.07 Å². The highest BCUT2D eigenvalue weighted by molar-refractivity contribution is 5.85. The number of nitrogens with one attached hydrogen (secondary N) is 1. The summed E-state index contributed by atoms with van der Waals surface area (Å²) in [7, 11) is 3.70. The molecule has 128 valence electrons. The summed E-state index contributed by atoms with van der Waals surface area (Å²) in [5.41, 5.74) is 1.16. The maximum absolute atomic E-state index is 9.59. The van der Waals surface area contributed by atoms with Gasteiger partial charge in [0.25, 0.3) is 0 Å². The van der Waals surface area contributed by atoms with Crippen molar-refractivity contribution >= 4 is 24.8 Å². The van der Waals surface area contributed by atoms with E-state index in [1.54, 1.807) is 13.2 Å². The number of benzene rings is 1. The monoisotopic (exact) mass is 351 g/mol. The first-order valence-corrected chi connectivity index (χ1v) is 7.16. The molecule has 1 saturated heterocycles. The van der Waals surface area contributed by atoms with E-state index in [2.05, 4.69) is 22.2 Å². The first-order chi connectivity index (χ1) is 9.69. The number of aromatic hydroxyl groups is 1. The van der Waals surface area contributed by atoms with Gasteiger partial charge in [0, 0.05) is 45.8 Å². The van der Waals surface area contributed by atoms with Gasteiger partial charge >= 0.3 is 0 Å². The topological polar surface area (TPSA) is 48.0 Å². The van der Waals surface area contributed by atoms with Gasteiger partial charge in [0.1, 0.15) is 0 Å². The third-order valence-corrected chi connectivity index (χ3v) is 3.70. The molecule has 1 aromatic carbocycles. The van der Waals surface area contributed by atoms with Crippen LogP contribution >= 0.6 is 24.8 Å². The third kappa shape index (κ3) is 6.58. The Kier molecular flexibility index (Phi) is 10.6. The van der Waals surface area contributed by atoms with Gasteiger partial charge in [0.05, 0.1) is 7.11 Å². The first-order valence-electron chi connectivity index (χ1n) is 7.16. The van der Waals surface area contributed by atoms with E-state index in [-0.39, 0.29) is 30.6 Å². The maximum atomic E-state index is 9.59. The molecule has 0 unspecified atom stereocenters. The van der Waals surface area contributed by atoms with Crippen molar-refractivity contribution in [2.75, 3.05) is 53.4 Å². The zero-order valence-electron chi connectivity index (χ0n) is 13.2. The van der Waals surface area contributed by atoms with Crippen molar-refractivity contribution in [3.8, 4) is 11.5 Å². The number of methoxy groups -OCH3 is 1. The van der Waals surface area contributed by atoms with E-state index in [1.165, 1.54) is 0 Å². The molecule has 2 rings (SSSR count). The van der Waals surface area contributed by atoms with Crippen molar-refractivity contribution in [3.63, 3.8) is 0 Å². The molecule has 0 aromatic heterocycles. The average molecular weight is 352 g/mol. The molecule has 2 N–H and O–H groups in total. The Morgan fingerprint density at radius 2 is 1.95 bits per heavy atom. The van der Waals surface area contributed by atoms with Crippen LogP contribution in [0.3, 0.4) is 0 Å². The summed E-state index contributed by atoms with van der Waals surface area (Å²) in [4.78, 5) is 4.79. The highest BCUT2D eigenvalue weighted by Gasteiger charge is 2.10. The summed E-state index contributed by atoms with van der Waals surface area (Å²) in [6, 6.07) is 5.54. The summed E-state index contributed by atoms with van der Waals surface area (Å²) < 4.78 is 5.14. The SMILES string of the molecule is COc1cc(CN(C)CCN2CCNCC2)ccc1O.Cl.Cl. The Labute approximate surface area is 145 Å². The number of phenolic OH excluding ortho intramolecular Hbond substituents is 1. The zero-order chi connectivity index (χ0) is 14.4. The van der Waals surface area contributed by atoms with E-state index < -0.39 is 0 Å². The average Bonchev–Trinajstić information content (AvgIpc) is 2.48. The lowest BCUT2D eigenvalue weighted by atomic mass is 10.2. The number of nitrogens with zero attached hydrogens (tertiary/aromatic N) is 2. The molecule has 0 aliphatic carbocycles. The Hall–Kier alpha value is -0.720. The van der Waals surface area contributed by atoms with Crippen molar-refractivity contribution < 1.29 is 9.84 Å². The molecule has 1 aromatic rings. The summed E-state index contributed by atoms with van der Waals surface area (Å²) in [6.45, 7) is 7.48. The molecule has 0 bridgehead atoms. The summed E-state index contributed by atoms with van der Waals surface area (Å²) >= 11 is 0. The zero-order valence-corrected chi connectivity index (χ0v) is 14.9. The minimum Gasteiger partial charge on any atom is -0.504 e. The minimum atomic E-state index is 0. The second-order valence-electron chi connectivity index (χ2n) is 5.34. The van der Waals surface area contributed by atoms with Crippen LogP contribution in [-0.4, -0.2) is 68.3 Å². The van der Waals surface area contributed by atoms with E-state index in [4.69, 9.17) is 4.74 Å². The summed E-state index contributed by atoms with van der Waals surface area (Å²) in [5.74, 6) is 0.734. The van der Waals surface area contributed by atoms with Crippen molar-refractivity contribution in [1.29, 1.82) is 0 Å². The molecule has 5 nitrogen and oxygen atoms in total. The Bertz CT molecular complexity index is 429. The van der Waals surface area contributed by atoms with Crippen molar-refractivity contribution in [1.82, 2.24) is 15.1 Å². The summed E-state index contributed by atoms with van der Waals surface area (Å²) in [6.07, 6.45) is 0. The molecule has 1 heterocycles. The second kappa shape index (κ2) is 10.9. The number of rotatable bonds is 6. The predicted octanol–water partition coefficient (Wildman–Crippen LogP) is 1.58. The molecule has 0 amide bonds. The van der Waals surface area contributed by atoms with E-state index in [9.17, 15) is 5.11 Å². The van der Waals surface area contributed by atoms with Gasteiger partial charge in [-0.25, -0.2) is 0 Å². The van der Waals surface area contributed by atoms with Crippen molar-refractivity contribution in [2.24, 2.45) is 0 Å². The van der Waals surface area contributed by atoms with Gasteiger partial charge in [0.2, 0.25) is 0 Å². The Morgan fingerprint density at radius 3 is 2.59 bits per heavy atom. The smallest absolute Gasteiger partial charge is 0.160 e. The maximum Gasteiger partial charge on any atom is 0.160 e. The number of hydrogen-bond acceptors (Lipinski definition) is 5. The number of phenols is 1. The highest BCUT2D eigenvalue weighted by atomic mass is 35.5. The normalized spacial score (nSPS) is 15.0. The van der Waals surface area contributed by atoms with Crippen LogP contribution in [0.25, 0.3) is 0 Å². The van der Waals surface area contributed by atoms with Gasteiger partial charge in [-0.05, 0) is 24.7 Å². The van der Waals surface area contributed by atoms with E-state index in [0.717, 1.165) is 51.4 Å². The van der Waals surface area contributed by atoms with Crippen LogP contribution in [0.4, 0.5) is 0 Å². The van der Waals surface area contributed by atoms with Gasteiger partial charge in [-0.2, -0.15) is 0 Å². The molecule has 0 saturated carbocycles. The lowest BCUT2D eigenvalue weighted by Crippen LogP contribution is -2.45. The van der Waals surface area contributed by atoms with Crippen LogP contribution in [0.5, 0.6) is 11.5 Å². The lowest BCUT2D eigenvalue weighted by molar-refractivity contribution is 0.202. The number of ether oxygens (including phenoxy) is 1. The lowest BCUT2D eigenvalue weighted by Gasteiger charge is -2.29. The standard InChI is InChI=1S/C15H25N3O2.2ClH/c1-17(9-10-18-7-5-16-6-8-18)12-13-3-4-14(19)15(11-13)20-2;;/h3-4,11,16,19H,5-10,12H2,1-2H3;2*1H. The fraction of sp³-hybridized carbons (Fsp3) is 0.600. The van der Waals surface area contributed by atoms with Crippen LogP contribution in [0.2, 0.25) is 0 Å². The first kappa shape index (κ1) is 21.3. The molecule has 22 heavy (non-hydrogen) atoms. The van der Waals surface area contributed by atoms with Crippen LogP contribution in [0, 0.1) is 0 Å². The Balaban J connectivity index is 0.00000220. The molecule has 0 atom stereocenters. The number of piperazine rings is 1. The van der Waals surface area contributed by atoms with Crippen molar-refractivity contribution in [2.45, 2.75) is 6.54 Å². The van der Waals surface area contributed by atoms with E-state index in [1.807, 2.05) is 12.1 Å². The molecule has 7 heteroatoms. The Morgan fingerprint density at radius 1 is 1.27 bits per heavy atom. The molecular formula is C15H27Cl2N3O2. The third-order valence-electron chi connectivity index (χ3n) is 3.70. The molecule has 1 aliphatic heterocycles. The molecule has 0 radical (unpaired) electrons.